The molecule has 0 unspecified atom stereocenters. The lowest BCUT2D eigenvalue weighted by Crippen LogP contribution is -2.41. The molecule has 0 bridgehead atoms. The smallest absolute Gasteiger partial charge is 0.243 e. The number of carbonyl (C=O) groups is 1. The second kappa shape index (κ2) is 6.36. The number of nitrogens with zero attached hydrogens (tertiary/aromatic N) is 4. The van der Waals surface area contributed by atoms with Gasteiger partial charge in [-0.05, 0) is 32.9 Å². The van der Waals surface area contributed by atoms with E-state index in [9.17, 15) is 4.79 Å². The molecule has 124 valence electrons. The van der Waals surface area contributed by atoms with Crippen LogP contribution in [0.5, 0.6) is 0 Å². The van der Waals surface area contributed by atoms with Crippen LogP contribution in [0.25, 0.3) is 0 Å². The SMILES string of the molecule is C[C@H](c1nc(C(C)(C)C)no1)N1CCC(C(=O)N(C)C)CC1. The largest absolute Gasteiger partial charge is 0.349 e. The van der Waals surface area contributed by atoms with Gasteiger partial charge < -0.3 is 9.42 Å². The normalized spacial score (nSPS) is 19.2. The van der Waals surface area contributed by atoms with Gasteiger partial charge in [-0.1, -0.05) is 25.9 Å². The lowest BCUT2D eigenvalue weighted by Gasteiger charge is -2.34. The maximum Gasteiger partial charge on any atom is 0.243 e. The fraction of sp³-hybridized carbons (Fsp3) is 0.812. The summed E-state index contributed by atoms with van der Waals surface area (Å²) in [6.07, 6.45) is 1.78. The highest BCUT2D eigenvalue weighted by atomic mass is 16.5. The third-order valence-corrected chi connectivity index (χ3v) is 4.34. The van der Waals surface area contributed by atoms with Crippen molar-refractivity contribution in [3.05, 3.63) is 11.7 Å². The quantitative estimate of drug-likeness (QED) is 0.857. The average Bonchev–Trinajstić information content (AvgIpc) is 2.95. The number of hydrogen-bond donors (Lipinski definition) is 0. The molecular weight excluding hydrogens is 280 g/mol. The van der Waals surface area contributed by atoms with Crippen molar-refractivity contribution in [3.8, 4) is 0 Å². The summed E-state index contributed by atoms with van der Waals surface area (Å²) in [5.74, 6) is 1.79. The van der Waals surface area contributed by atoms with Crippen molar-refractivity contribution < 1.29 is 9.32 Å². The summed E-state index contributed by atoms with van der Waals surface area (Å²) < 4.78 is 5.44. The van der Waals surface area contributed by atoms with Gasteiger partial charge in [0.25, 0.3) is 0 Å². The predicted molar refractivity (Wildman–Crippen MR) is 84.4 cm³/mol. The Morgan fingerprint density at radius 2 is 1.91 bits per heavy atom. The van der Waals surface area contributed by atoms with Crippen LogP contribution in [-0.4, -0.2) is 53.0 Å². The van der Waals surface area contributed by atoms with E-state index in [-0.39, 0.29) is 23.3 Å². The third kappa shape index (κ3) is 3.66. The number of likely N-dealkylation sites (tertiary alicyclic amines) is 1. The van der Waals surface area contributed by atoms with E-state index in [1.165, 1.54) is 0 Å². The minimum Gasteiger partial charge on any atom is -0.349 e. The lowest BCUT2D eigenvalue weighted by atomic mass is 9.94. The number of hydrogen-bond acceptors (Lipinski definition) is 5. The molecule has 0 aliphatic carbocycles. The van der Waals surface area contributed by atoms with E-state index in [0.717, 1.165) is 31.8 Å². The van der Waals surface area contributed by atoms with Crippen molar-refractivity contribution in [1.82, 2.24) is 19.9 Å². The fourth-order valence-electron chi connectivity index (χ4n) is 2.76. The van der Waals surface area contributed by atoms with Crippen LogP contribution in [0, 0.1) is 5.92 Å². The summed E-state index contributed by atoms with van der Waals surface area (Å²) in [5.41, 5.74) is -0.105. The van der Waals surface area contributed by atoms with Gasteiger partial charge in [-0.15, -0.1) is 0 Å². The maximum absolute atomic E-state index is 12.0. The van der Waals surface area contributed by atoms with Crippen LogP contribution < -0.4 is 0 Å². The Labute approximate surface area is 132 Å². The van der Waals surface area contributed by atoms with E-state index in [2.05, 4.69) is 42.7 Å². The number of piperidine rings is 1. The summed E-state index contributed by atoms with van der Waals surface area (Å²) in [6.45, 7) is 10.1. The first-order chi connectivity index (χ1) is 10.2. The van der Waals surface area contributed by atoms with E-state index in [4.69, 9.17) is 4.52 Å². The zero-order chi connectivity index (χ0) is 16.5. The second-order valence-electron chi connectivity index (χ2n) is 7.43. The van der Waals surface area contributed by atoms with E-state index in [1.807, 2.05) is 14.1 Å². The van der Waals surface area contributed by atoms with Crippen molar-refractivity contribution in [3.63, 3.8) is 0 Å². The average molecular weight is 308 g/mol. The van der Waals surface area contributed by atoms with Gasteiger partial charge in [0.2, 0.25) is 11.8 Å². The molecular formula is C16H28N4O2. The first-order valence-electron chi connectivity index (χ1n) is 7.99. The number of carbonyl (C=O) groups excluding carboxylic acids is 1. The molecule has 2 rings (SSSR count). The van der Waals surface area contributed by atoms with Crippen LogP contribution >= 0.6 is 0 Å². The highest BCUT2D eigenvalue weighted by Crippen LogP contribution is 2.28. The van der Waals surface area contributed by atoms with Gasteiger partial charge in [0.05, 0.1) is 6.04 Å². The minimum atomic E-state index is -0.105. The Balaban J connectivity index is 1.96. The zero-order valence-electron chi connectivity index (χ0n) is 14.6. The third-order valence-electron chi connectivity index (χ3n) is 4.34. The molecule has 1 aromatic rings. The van der Waals surface area contributed by atoms with Crippen LogP contribution in [0.1, 0.15) is 58.3 Å². The lowest BCUT2D eigenvalue weighted by molar-refractivity contribution is -0.134. The van der Waals surface area contributed by atoms with E-state index in [1.54, 1.807) is 4.90 Å². The first-order valence-corrected chi connectivity index (χ1v) is 7.99. The standard InChI is InChI=1S/C16H28N4O2/c1-11(13-17-15(18-22-13)16(2,3)4)20-9-7-12(8-10-20)14(21)19(5)6/h11-12H,7-10H2,1-6H3/t11-/m1/s1. The van der Waals surface area contributed by atoms with Crippen molar-refractivity contribution in [2.45, 2.75) is 52.0 Å². The molecule has 1 aliphatic rings. The number of rotatable bonds is 3. The maximum atomic E-state index is 12.0. The monoisotopic (exact) mass is 308 g/mol. The van der Waals surface area contributed by atoms with Crippen LogP contribution in [0.3, 0.4) is 0 Å². The highest BCUT2D eigenvalue weighted by molar-refractivity contribution is 5.78. The summed E-state index contributed by atoms with van der Waals surface area (Å²) in [6, 6.07) is 0.0963. The van der Waals surface area contributed by atoms with Gasteiger partial charge in [0.15, 0.2) is 5.82 Å². The Bertz CT molecular complexity index is 510. The molecule has 0 N–H and O–H groups in total. The molecule has 1 amide bonds. The van der Waals surface area contributed by atoms with Crippen molar-refractivity contribution in [1.29, 1.82) is 0 Å². The van der Waals surface area contributed by atoms with Crippen LogP contribution in [0.4, 0.5) is 0 Å². The van der Waals surface area contributed by atoms with Gasteiger partial charge >= 0.3 is 0 Å². The predicted octanol–water partition coefficient (Wildman–Crippen LogP) is 2.23. The topological polar surface area (TPSA) is 62.5 Å². The van der Waals surface area contributed by atoms with Gasteiger partial charge in [-0.3, -0.25) is 9.69 Å². The van der Waals surface area contributed by atoms with E-state index < -0.39 is 0 Å². The molecule has 1 atom stereocenters. The summed E-state index contributed by atoms with van der Waals surface area (Å²) in [7, 11) is 3.65. The molecule has 22 heavy (non-hydrogen) atoms. The highest BCUT2D eigenvalue weighted by Gasteiger charge is 2.31. The van der Waals surface area contributed by atoms with Gasteiger partial charge in [-0.2, -0.15) is 4.98 Å². The molecule has 1 saturated heterocycles. The zero-order valence-corrected chi connectivity index (χ0v) is 14.6. The van der Waals surface area contributed by atoms with Gasteiger partial charge in [0.1, 0.15) is 0 Å². The van der Waals surface area contributed by atoms with Crippen LogP contribution in [-0.2, 0) is 10.2 Å². The molecule has 1 aromatic heterocycles. The minimum absolute atomic E-state index is 0.0963. The molecule has 0 spiro atoms. The molecule has 0 aromatic carbocycles. The van der Waals surface area contributed by atoms with Crippen molar-refractivity contribution in [2.75, 3.05) is 27.2 Å². The Morgan fingerprint density at radius 1 is 1.32 bits per heavy atom. The Hall–Kier alpha value is -1.43. The Kier molecular flexibility index (Phi) is 4.90. The van der Waals surface area contributed by atoms with Gasteiger partial charge in [0, 0.05) is 25.4 Å². The molecule has 1 aliphatic heterocycles. The Morgan fingerprint density at radius 3 is 2.36 bits per heavy atom. The number of aromatic nitrogens is 2. The first kappa shape index (κ1) is 16.9. The molecule has 6 nitrogen and oxygen atoms in total. The van der Waals surface area contributed by atoms with E-state index in [0.29, 0.717) is 5.89 Å². The molecule has 6 heteroatoms. The molecule has 1 fully saturated rings. The summed E-state index contributed by atoms with van der Waals surface area (Å²) in [4.78, 5) is 20.6. The molecule has 0 saturated carbocycles. The van der Waals surface area contributed by atoms with E-state index >= 15 is 0 Å². The van der Waals surface area contributed by atoms with Crippen LogP contribution in [0.15, 0.2) is 4.52 Å². The fourth-order valence-corrected chi connectivity index (χ4v) is 2.76. The van der Waals surface area contributed by atoms with Gasteiger partial charge in [-0.25, -0.2) is 0 Å². The van der Waals surface area contributed by atoms with Crippen molar-refractivity contribution in [2.24, 2.45) is 5.92 Å². The number of amides is 1. The molecule has 2 heterocycles. The summed E-state index contributed by atoms with van der Waals surface area (Å²) in [5, 5.41) is 4.10. The molecule has 0 radical (unpaired) electrons. The summed E-state index contributed by atoms with van der Waals surface area (Å²) >= 11 is 0. The van der Waals surface area contributed by atoms with Crippen molar-refractivity contribution >= 4 is 5.91 Å². The van der Waals surface area contributed by atoms with Crippen LogP contribution in [0.2, 0.25) is 0 Å². The second-order valence-corrected chi connectivity index (χ2v) is 7.43.